The fraction of sp³-hybridized carbons (Fsp3) is 0.538. The Balaban J connectivity index is 1.73. The third kappa shape index (κ3) is 1.86. The van der Waals surface area contributed by atoms with Crippen molar-refractivity contribution in [2.24, 2.45) is 0 Å². The van der Waals surface area contributed by atoms with E-state index < -0.39 is 11.7 Å². The second-order valence-electron chi connectivity index (χ2n) is 5.06. The Bertz CT molecular complexity index is 464. The number of alkyl halides is 3. The third-order valence-corrected chi connectivity index (χ3v) is 3.84. The highest BCUT2D eigenvalue weighted by atomic mass is 19.4. The van der Waals surface area contributed by atoms with Crippen molar-refractivity contribution in [3.05, 3.63) is 29.3 Å². The number of fused-ring (bicyclic) bond motifs is 1. The number of hydrogen-bond acceptors (Lipinski definition) is 2. The summed E-state index contributed by atoms with van der Waals surface area (Å²) in [6.45, 7) is 1.15. The molecule has 0 bridgehead atoms. The van der Waals surface area contributed by atoms with Gasteiger partial charge >= 0.3 is 6.18 Å². The normalized spacial score (nSPS) is 20.4. The van der Waals surface area contributed by atoms with Crippen LogP contribution in [0.25, 0.3) is 0 Å². The monoisotopic (exact) mass is 256 g/mol. The molecule has 1 fully saturated rings. The molecule has 1 aliphatic carbocycles. The zero-order valence-electron chi connectivity index (χ0n) is 9.90. The average molecular weight is 256 g/mol. The van der Waals surface area contributed by atoms with Gasteiger partial charge in [-0.3, -0.25) is 5.32 Å². The van der Waals surface area contributed by atoms with E-state index in [1.54, 1.807) is 0 Å². The minimum Gasteiger partial charge on any atom is -0.384 e. The lowest BCUT2D eigenvalue weighted by Gasteiger charge is -2.21. The van der Waals surface area contributed by atoms with Crippen LogP contribution in [0.2, 0.25) is 0 Å². The van der Waals surface area contributed by atoms with E-state index in [-0.39, 0.29) is 19.4 Å². The van der Waals surface area contributed by atoms with Crippen molar-refractivity contribution >= 4 is 5.69 Å². The molecule has 0 atom stereocenters. The van der Waals surface area contributed by atoms with Crippen LogP contribution in [0, 0.1) is 0 Å². The molecule has 1 heterocycles. The van der Waals surface area contributed by atoms with Crippen LogP contribution < -0.4 is 10.6 Å². The number of halogens is 3. The molecule has 3 rings (SSSR count). The van der Waals surface area contributed by atoms with Gasteiger partial charge in [-0.1, -0.05) is 18.2 Å². The second-order valence-corrected chi connectivity index (χ2v) is 5.06. The van der Waals surface area contributed by atoms with Crippen molar-refractivity contribution in [3.8, 4) is 0 Å². The van der Waals surface area contributed by atoms with Crippen molar-refractivity contribution < 1.29 is 13.2 Å². The van der Waals surface area contributed by atoms with Crippen LogP contribution >= 0.6 is 0 Å². The van der Waals surface area contributed by atoms with Crippen molar-refractivity contribution in [2.75, 3.05) is 11.9 Å². The Morgan fingerprint density at radius 3 is 2.72 bits per heavy atom. The van der Waals surface area contributed by atoms with Gasteiger partial charge in [0.15, 0.2) is 0 Å². The van der Waals surface area contributed by atoms with Crippen molar-refractivity contribution in [2.45, 2.75) is 37.5 Å². The Labute approximate surface area is 104 Å². The van der Waals surface area contributed by atoms with Crippen LogP contribution in [0.15, 0.2) is 18.2 Å². The zero-order chi connectivity index (χ0) is 12.8. The first-order chi connectivity index (χ1) is 8.52. The molecular formula is C13H15F3N2. The van der Waals surface area contributed by atoms with Crippen molar-refractivity contribution in [1.29, 1.82) is 0 Å². The van der Waals surface area contributed by atoms with Crippen LogP contribution in [-0.2, 0) is 13.0 Å². The first-order valence-corrected chi connectivity index (χ1v) is 6.18. The molecule has 2 nitrogen and oxygen atoms in total. The number of nitrogens with one attached hydrogen (secondary N) is 2. The quantitative estimate of drug-likeness (QED) is 0.869. The van der Waals surface area contributed by atoms with Crippen molar-refractivity contribution in [1.82, 2.24) is 5.32 Å². The fourth-order valence-corrected chi connectivity index (χ4v) is 2.51. The molecule has 2 aliphatic rings. The highest BCUT2D eigenvalue weighted by molar-refractivity contribution is 5.61. The first-order valence-electron chi connectivity index (χ1n) is 6.18. The summed E-state index contributed by atoms with van der Waals surface area (Å²) in [5, 5.41) is 5.93. The minimum absolute atomic E-state index is 0.193. The maximum absolute atomic E-state index is 12.8. The number of para-hydroxylation sites is 1. The summed E-state index contributed by atoms with van der Waals surface area (Å²) in [7, 11) is 0. The Kier molecular flexibility index (Phi) is 2.55. The zero-order valence-corrected chi connectivity index (χ0v) is 9.90. The average Bonchev–Trinajstić information content (AvgIpc) is 2.96. The van der Waals surface area contributed by atoms with E-state index in [1.165, 1.54) is 5.56 Å². The van der Waals surface area contributed by atoms with Gasteiger partial charge in [0.05, 0.1) is 0 Å². The minimum atomic E-state index is -4.14. The highest BCUT2D eigenvalue weighted by Gasteiger charge is 2.62. The molecule has 1 aromatic carbocycles. The topological polar surface area (TPSA) is 24.1 Å². The number of anilines is 1. The predicted octanol–water partition coefficient (Wildman–Crippen LogP) is 2.84. The molecule has 18 heavy (non-hydrogen) atoms. The molecule has 0 unspecified atom stereocenters. The summed E-state index contributed by atoms with van der Waals surface area (Å²) in [6, 6.07) is 5.82. The van der Waals surface area contributed by atoms with E-state index in [9.17, 15) is 13.2 Å². The van der Waals surface area contributed by atoms with Gasteiger partial charge in [0, 0.05) is 18.8 Å². The predicted molar refractivity (Wildman–Crippen MR) is 63.5 cm³/mol. The van der Waals surface area contributed by atoms with E-state index in [0.29, 0.717) is 0 Å². The second kappa shape index (κ2) is 3.88. The van der Waals surface area contributed by atoms with Crippen LogP contribution in [0.1, 0.15) is 24.0 Å². The van der Waals surface area contributed by atoms with E-state index in [0.717, 1.165) is 24.2 Å². The van der Waals surface area contributed by atoms with Gasteiger partial charge in [-0.05, 0) is 30.4 Å². The summed E-state index contributed by atoms with van der Waals surface area (Å²) in [5.41, 5.74) is 1.52. The molecule has 0 saturated heterocycles. The van der Waals surface area contributed by atoms with Gasteiger partial charge in [-0.25, -0.2) is 0 Å². The van der Waals surface area contributed by atoms with E-state index in [2.05, 4.69) is 10.6 Å². The van der Waals surface area contributed by atoms with E-state index >= 15 is 0 Å². The summed E-state index contributed by atoms with van der Waals surface area (Å²) < 4.78 is 38.4. The van der Waals surface area contributed by atoms with Gasteiger partial charge in [0.2, 0.25) is 0 Å². The maximum Gasteiger partial charge on any atom is 0.406 e. The molecule has 98 valence electrons. The van der Waals surface area contributed by atoms with Crippen molar-refractivity contribution in [3.63, 3.8) is 0 Å². The molecule has 0 radical (unpaired) electrons. The largest absolute Gasteiger partial charge is 0.406 e. The third-order valence-electron chi connectivity index (χ3n) is 3.84. The summed E-state index contributed by atoms with van der Waals surface area (Å²) in [6.07, 6.45) is -2.80. The molecule has 1 aliphatic heterocycles. The van der Waals surface area contributed by atoms with Crippen LogP contribution in [0.3, 0.4) is 0 Å². The van der Waals surface area contributed by atoms with Gasteiger partial charge < -0.3 is 5.32 Å². The molecule has 1 saturated carbocycles. The number of rotatable bonds is 3. The fourth-order valence-electron chi connectivity index (χ4n) is 2.51. The standard InChI is InChI=1S/C13H15F3N2/c14-13(15,16)12(5-6-12)18-8-10-3-1-2-9-4-7-17-11(9)10/h1-3,17-18H,4-8H2. The molecule has 1 aromatic rings. The number of benzene rings is 1. The summed E-state index contributed by atoms with van der Waals surface area (Å²) in [4.78, 5) is 0. The molecule has 0 spiro atoms. The van der Waals surface area contributed by atoms with Gasteiger partial charge in [-0.15, -0.1) is 0 Å². The van der Waals surface area contributed by atoms with Gasteiger partial charge in [-0.2, -0.15) is 13.2 Å². The smallest absolute Gasteiger partial charge is 0.384 e. The SMILES string of the molecule is FC(F)(F)C1(NCc2cccc3c2NCC3)CC1. The lowest BCUT2D eigenvalue weighted by Crippen LogP contribution is -2.44. The highest BCUT2D eigenvalue weighted by Crippen LogP contribution is 2.49. The molecule has 5 heteroatoms. The molecule has 2 N–H and O–H groups in total. The Morgan fingerprint density at radius 1 is 1.28 bits per heavy atom. The van der Waals surface area contributed by atoms with Crippen LogP contribution in [-0.4, -0.2) is 18.3 Å². The first kappa shape index (κ1) is 11.8. The maximum atomic E-state index is 12.8. The Morgan fingerprint density at radius 2 is 2.06 bits per heavy atom. The summed E-state index contributed by atoms with van der Waals surface area (Å²) in [5.74, 6) is 0. The van der Waals surface area contributed by atoms with E-state index in [4.69, 9.17) is 0 Å². The molecule has 0 amide bonds. The number of hydrogen-bond donors (Lipinski definition) is 2. The summed E-state index contributed by atoms with van der Waals surface area (Å²) >= 11 is 0. The molecule has 0 aromatic heterocycles. The van der Waals surface area contributed by atoms with Crippen LogP contribution in [0.4, 0.5) is 18.9 Å². The van der Waals surface area contributed by atoms with Crippen LogP contribution in [0.5, 0.6) is 0 Å². The lowest BCUT2D eigenvalue weighted by atomic mass is 10.1. The van der Waals surface area contributed by atoms with E-state index in [1.807, 2.05) is 18.2 Å². The Hall–Kier alpha value is -1.23. The lowest BCUT2D eigenvalue weighted by molar-refractivity contribution is -0.166. The van der Waals surface area contributed by atoms with Gasteiger partial charge in [0.25, 0.3) is 0 Å². The molecular weight excluding hydrogens is 241 g/mol. The van der Waals surface area contributed by atoms with Gasteiger partial charge in [0.1, 0.15) is 5.54 Å².